The maximum atomic E-state index is 13.2. The number of fused-ring (bicyclic) bond motifs is 3. The summed E-state index contributed by atoms with van der Waals surface area (Å²) in [4.78, 5) is 32.8. The smallest absolute Gasteiger partial charge is 0.336 e. The first-order chi connectivity index (χ1) is 13.5. The summed E-state index contributed by atoms with van der Waals surface area (Å²) in [7, 11) is 0. The lowest BCUT2D eigenvalue weighted by atomic mass is 9.97. The fourth-order valence-electron chi connectivity index (χ4n) is 4.56. The highest BCUT2D eigenvalue weighted by atomic mass is 16.2. The van der Waals surface area contributed by atoms with Crippen LogP contribution < -0.4 is 5.69 Å². The van der Waals surface area contributed by atoms with Crippen LogP contribution in [0.5, 0.6) is 0 Å². The van der Waals surface area contributed by atoms with Gasteiger partial charge in [0.05, 0.1) is 5.52 Å². The van der Waals surface area contributed by atoms with Gasteiger partial charge in [-0.1, -0.05) is 12.1 Å². The Balaban J connectivity index is 1.60. The number of benzene rings is 1. The van der Waals surface area contributed by atoms with Gasteiger partial charge in [0, 0.05) is 23.4 Å². The number of hydrogen-bond acceptors (Lipinski definition) is 4. The molecule has 5 rings (SSSR count). The number of amides is 1. The summed E-state index contributed by atoms with van der Waals surface area (Å²) in [5, 5.41) is 5.42. The normalized spacial score (nSPS) is 22.9. The number of para-hydroxylation sites is 1. The Hall–Kier alpha value is -2.70. The minimum absolute atomic E-state index is 0.0202. The highest BCUT2D eigenvalue weighted by molar-refractivity contribution is 5.91. The second-order valence-corrected chi connectivity index (χ2v) is 8.29. The summed E-state index contributed by atoms with van der Waals surface area (Å²) in [6.45, 7) is 4.15. The molecule has 2 atom stereocenters. The van der Waals surface area contributed by atoms with Crippen molar-refractivity contribution in [2.75, 3.05) is 0 Å². The van der Waals surface area contributed by atoms with E-state index in [-0.39, 0.29) is 30.2 Å². The zero-order chi connectivity index (χ0) is 19.4. The number of hydrogen-bond donors (Lipinski definition) is 0. The Morgan fingerprint density at radius 2 is 1.82 bits per heavy atom. The van der Waals surface area contributed by atoms with Gasteiger partial charge in [0.1, 0.15) is 12.4 Å². The molecule has 0 bridgehead atoms. The molecule has 28 heavy (non-hydrogen) atoms. The molecule has 7 nitrogen and oxygen atoms in total. The van der Waals surface area contributed by atoms with Crippen molar-refractivity contribution in [2.24, 2.45) is 0 Å². The summed E-state index contributed by atoms with van der Waals surface area (Å²) in [6.07, 6.45) is 5.25. The van der Waals surface area contributed by atoms with E-state index in [1.165, 1.54) is 4.68 Å². The van der Waals surface area contributed by atoms with Gasteiger partial charge in [-0.15, -0.1) is 5.10 Å². The molecule has 2 aliphatic rings. The van der Waals surface area contributed by atoms with Crippen molar-refractivity contribution in [3.8, 4) is 0 Å². The highest BCUT2D eigenvalue weighted by Gasteiger charge is 2.32. The number of piperidine rings is 1. The SMILES string of the molecule is C[C@@H]1CCC[C@@H](C)N1C(=O)Cn1nc2c3ccccc3nc(C3CC3)n2c1=O. The molecule has 146 valence electrons. The average Bonchev–Trinajstić information content (AvgIpc) is 3.47. The number of carbonyl (C=O) groups is 1. The lowest BCUT2D eigenvalue weighted by Crippen LogP contribution is -2.49. The van der Waals surface area contributed by atoms with Crippen LogP contribution in [0.1, 0.15) is 57.7 Å². The molecule has 7 heteroatoms. The first-order valence-electron chi connectivity index (χ1n) is 10.2. The third-order valence-electron chi connectivity index (χ3n) is 6.16. The molecule has 0 radical (unpaired) electrons. The molecule has 1 aromatic carbocycles. The molecule has 1 saturated heterocycles. The highest BCUT2D eigenvalue weighted by Crippen LogP contribution is 2.39. The molecule has 3 heterocycles. The number of carbonyl (C=O) groups excluding carboxylic acids is 1. The lowest BCUT2D eigenvalue weighted by molar-refractivity contribution is -0.138. The van der Waals surface area contributed by atoms with Crippen molar-refractivity contribution in [1.82, 2.24) is 24.1 Å². The zero-order valence-electron chi connectivity index (χ0n) is 16.3. The van der Waals surface area contributed by atoms with E-state index in [0.717, 1.165) is 48.8 Å². The van der Waals surface area contributed by atoms with Crippen LogP contribution in [-0.4, -0.2) is 42.1 Å². The van der Waals surface area contributed by atoms with Crippen LogP contribution in [0.15, 0.2) is 29.1 Å². The molecule has 3 aromatic rings. The monoisotopic (exact) mass is 379 g/mol. The first kappa shape index (κ1) is 17.4. The Morgan fingerprint density at radius 1 is 1.11 bits per heavy atom. The van der Waals surface area contributed by atoms with Crippen LogP contribution in [0, 0.1) is 0 Å². The van der Waals surface area contributed by atoms with Gasteiger partial charge in [0.25, 0.3) is 0 Å². The maximum Gasteiger partial charge on any atom is 0.352 e. The van der Waals surface area contributed by atoms with Crippen molar-refractivity contribution in [1.29, 1.82) is 0 Å². The molecule has 1 saturated carbocycles. The van der Waals surface area contributed by atoms with E-state index in [1.807, 2.05) is 29.2 Å². The average molecular weight is 379 g/mol. The van der Waals surface area contributed by atoms with Crippen molar-refractivity contribution in [3.05, 3.63) is 40.6 Å². The third-order valence-corrected chi connectivity index (χ3v) is 6.16. The largest absolute Gasteiger partial charge is 0.352 e. The van der Waals surface area contributed by atoms with E-state index in [9.17, 15) is 9.59 Å². The van der Waals surface area contributed by atoms with E-state index in [1.54, 1.807) is 4.40 Å². The second kappa shape index (κ2) is 6.43. The van der Waals surface area contributed by atoms with Gasteiger partial charge >= 0.3 is 5.69 Å². The fraction of sp³-hybridized carbons (Fsp3) is 0.524. The fourth-order valence-corrected chi connectivity index (χ4v) is 4.56. The van der Waals surface area contributed by atoms with E-state index < -0.39 is 0 Å². The Labute approximate surface area is 163 Å². The molecule has 0 unspecified atom stereocenters. The minimum atomic E-state index is -0.263. The van der Waals surface area contributed by atoms with Crippen molar-refractivity contribution in [3.63, 3.8) is 0 Å². The Morgan fingerprint density at radius 3 is 2.54 bits per heavy atom. The zero-order valence-corrected chi connectivity index (χ0v) is 16.3. The molecule has 2 fully saturated rings. The van der Waals surface area contributed by atoms with Gasteiger partial charge in [-0.25, -0.2) is 18.9 Å². The third kappa shape index (κ3) is 2.72. The summed E-state index contributed by atoms with van der Waals surface area (Å²) < 4.78 is 2.95. The summed E-state index contributed by atoms with van der Waals surface area (Å²) >= 11 is 0. The minimum Gasteiger partial charge on any atom is -0.336 e. The molecule has 0 spiro atoms. The van der Waals surface area contributed by atoms with E-state index in [2.05, 4.69) is 18.9 Å². The van der Waals surface area contributed by atoms with Crippen molar-refractivity contribution >= 4 is 22.5 Å². The van der Waals surface area contributed by atoms with Crippen molar-refractivity contribution < 1.29 is 4.79 Å². The van der Waals surface area contributed by atoms with E-state index in [0.29, 0.717) is 11.6 Å². The van der Waals surface area contributed by atoms with E-state index in [4.69, 9.17) is 4.98 Å². The standard InChI is InChI=1S/C21H25N5O2/c1-13-6-5-7-14(2)25(13)18(27)12-24-21(28)26-19(15-10-11-15)22-17-9-4-3-8-16(17)20(26)23-24/h3-4,8-9,13-15H,5-7,10-12H2,1-2H3/t13-,14-/m1/s1. The predicted molar refractivity (Wildman–Crippen MR) is 106 cm³/mol. The van der Waals surface area contributed by atoms with Crippen LogP contribution in [-0.2, 0) is 11.3 Å². The summed E-state index contributed by atoms with van der Waals surface area (Å²) in [5.74, 6) is 1.05. The molecular weight excluding hydrogens is 354 g/mol. The molecular formula is C21H25N5O2. The predicted octanol–water partition coefficient (Wildman–Crippen LogP) is 2.71. The summed E-state index contributed by atoms with van der Waals surface area (Å²) in [5.41, 5.74) is 1.18. The van der Waals surface area contributed by atoms with Gasteiger partial charge in [-0.3, -0.25) is 4.79 Å². The quantitative estimate of drug-likeness (QED) is 0.701. The molecule has 1 aliphatic carbocycles. The molecule has 1 aliphatic heterocycles. The molecule has 0 N–H and O–H groups in total. The maximum absolute atomic E-state index is 13.2. The van der Waals surface area contributed by atoms with Crippen LogP contribution in [0.3, 0.4) is 0 Å². The van der Waals surface area contributed by atoms with Gasteiger partial charge in [-0.05, 0) is 58.1 Å². The lowest BCUT2D eigenvalue weighted by Gasteiger charge is -2.39. The van der Waals surface area contributed by atoms with Crippen molar-refractivity contribution in [2.45, 2.75) is 70.5 Å². The van der Waals surface area contributed by atoms with Gasteiger partial charge in [0.15, 0.2) is 5.65 Å². The van der Waals surface area contributed by atoms with Crippen LogP contribution in [0.2, 0.25) is 0 Å². The number of rotatable bonds is 3. The molecule has 2 aromatic heterocycles. The number of aromatic nitrogens is 4. The first-order valence-corrected chi connectivity index (χ1v) is 10.2. The summed E-state index contributed by atoms with van der Waals surface area (Å²) in [6, 6.07) is 8.16. The Bertz CT molecular complexity index is 1120. The second-order valence-electron chi connectivity index (χ2n) is 8.29. The van der Waals surface area contributed by atoms with Crippen LogP contribution >= 0.6 is 0 Å². The van der Waals surface area contributed by atoms with Gasteiger partial charge < -0.3 is 4.90 Å². The van der Waals surface area contributed by atoms with Gasteiger partial charge in [-0.2, -0.15) is 0 Å². The van der Waals surface area contributed by atoms with Gasteiger partial charge in [0.2, 0.25) is 5.91 Å². The van der Waals surface area contributed by atoms with Crippen LogP contribution in [0.4, 0.5) is 0 Å². The number of likely N-dealkylation sites (tertiary alicyclic amines) is 1. The topological polar surface area (TPSA) is 72.5 Å². The number of nitrogens with zero attached hydrogens (tertiary/aromatic N) is 5. The molecule has 1 amide bonds. The van der Waals surface area contributed by atoms with E-state index >= 15 is 0 Å². The Kier molecular flexibility index (Phi) is 4.00. The van der Waals surface area contributed by atoms with Crippen LogP contribution in [0.25, 0.3) is 16.6 Å².